The van der Waals surface area contributed by atoms with E-state index in [4.69, 9.17) is 4.99 Å². The number of rotatable bonds is 10. The monoisotopic (exact) mass is 574 g/mol. The summed E-state index contributed by atoms with van der Waals surface area (Å²) in [5.41, 5.74) is 14.2. The molecule has 2 heteroatoms. The molecule has 1 aromatic heterocycles. The Balaban J connectivity index is 1.48. The summed E-state index contributed by atoms with van der Waals surface area (Å²) >= 11 is 0. The minimum Gasteiger partial charge on any atom is -0.258 e. The van der Waals surface area contributed by atoms with Gasteiger partial charge in [0.1, 0.15) is 0 Å². The van der Waals surface area contributed by atoms with Crippen molar-refractivity contribution in [2.24, 2.45) is 4.99 Å². The zero-order valence-corrected chi connectivity index (χ0v) is 26.4. The van der Waals surface area contributed by atoms with E-state index in [2.05, 4.69) is 123 Å². The fourth-order valence-corrected chi connectivity index (χ4v) is 5.94. The smallest absolute Gasteiger partial charge is 0.0698 e. The van der Waals surface area contributed by atoms with Crippen molar-refractivity contribution in [1.29, 1.82) is 0 Å². The number of fused-ring (bicyclic) bond motifs is 3. The SMILES string of the molecule is C=C(N=C(C)C/C=C\C=C/C)c1cc(C/C=C\C(=C/C)c2ccccn2)cc(C2=CCC=C3C(=C2)C(C)c2ccccc23)c1. The van der Waals surface area contributed by atoms with Crippen LogP contribution in [0.25, 0.3) is 22.4 Å². The van der Waals surface area contributed by atoms with Crippen LogP contribution < -0.4 is 0 Å². The molecule has 0 radical (unpaired) electrons. The molecule has 3 aromatic rings. The van der Waals surface area contributed by atoms with Crippen LogP contribution in [0.5, 0.6) is 0 Å². The number of benzene rings is 2. The second-order valence-electron chi connectivity index (χ2n) is 11.4. The summed E-state index contributed by atoms with van der Waals surface area (Å²) in [6, 6.07) is 21.7. The van der Waals surface area contributed by atoms with Crippen LogP contribution in [0.4, 0.5) is 0 Å². The van der Waals surface area contributed by atoms with Gasteiger partial charge in [-0.1, -0.05) is 111 Å². The molecule has 0 spiro atoms. The fraction of sp³-hybridized carbons (Fsp3) is 0.190. The van der Waals surface area contributed by atoms with E-state index < -0.39 is 0 Å². The predicted octanol–water partition coefficient (Wildman–Crippen LogP) is 11.2. The van der Waals surface area contributed by atoms with Crippen LogP contribution in [0.3, 0.4) is 0 Å². The summed E-state index contributed by atoms with van der Waals surface area (Å²) in [6.45, 7) is 12.9. The molecule has 0 aliphatic heterocycles. The standard InChI is InChI=1S/C42H42N2/c1-6-8-9-10-17-30(3)44-32(5)36-26-33(18-15-19-34(7-2)42-24-13-14-25-43-42)27-37(28-36)35-20-16-23-40-39-22-12-11-21-38(39)31(4)41(40)29-35/h6-15,19-29,31H,5,16-18H2,1-4H3/b8-6-,10-9-,19-15-,34-7+,44-30?. The molecule has 0 bridgehead atoms. The van der Waals surface area contributed by atoms with Gasteiger partial charge in [-0.3, -0.25) is 9.98 Å². The van der Waals surface area contributed by atoms with Gasteiger partial charge in [-0.15, -0.1) is 0 Å². The van der Waals surface area contributed by atoms with E-state index in [1.165, 1.54) is 39.0 Å². The van der Waals surface area contributed by atoms with Crippen molar-refractivity contribution in [3.63, 3.8) is 0 Å². The van der Waals surface area contributed by atoms with Gasteiger partial charge in [0.2, 0.25) is 0 Å². The van der Waals surface area contributed by atoms with Crippen molar-refractivity contribution in [1.82, 2.24) is 4.98 Å². The van der Waals surface area contributed by atoms with Crippen molar-refractivity contribution >= 4 is 28.1 Å². The minimum absolute atomic E-state index is 0.369. The van der Waals surface area contributed by atoms with Gasteiger partial charge < -0.3 is 0 Å². The highest BCUT2D eigenvalue weighted by Gasteiger charge is 2.28. The van der Waals surface area contributed by atoms with E-state index in [9.17, 15) is 0 Å². The number of nitrogens with zero attached hydrogens (tertiary/aromatic N) is 2. The van der Waals surface area contributed by atoms with Crippen LogP contribution in [-0.4, -0.2) is 10.7 Å². The molecule has 1 unspecified atom stereocenters. The first-order valence-electron chi connectivity index (χ1n) is 15.6. The molecule has 2 aromatic carbocycles. The maximum Gasteiger partial charge on any atom is 0.0698 e. The van der Waals surface area contributed by atoms with Crippen molar-refractivity contribution in [3.8, 4) is 0 Å². The van der Waals surface area contributed by atoms with Gasteiger partial charge in [0.25, 0.3) is 0 Å². The lowest BCUT2D eigenvalue weighted by atomic mass is 9.93. The first kappa shape index (κ1) is 30.6. The molecular formula is C42H42N2. The quantitative estimate of drug-likeness (QED) is 0.175. The number of allylic oxidation sites excluding steroid dienone is 14. The summed E-state index contributed by atoms with van der Waals surface area (Å²) < 4.78 is 0. The number of hydrogen-bond acceptors (Lipinski definition) is 2. The van der Waals surface area contributed by atoms with Crippen molar-refractivity contribution < 1.29 is 0 Å². The van der Waals surface area contributed by atoms with E-state index >= 15 is 0 Å². The molecule has 44 heavy (non-hydrogen) atoms. The Morgan fingerprint density at radius 2 is 1.84 bits per heavy atom. The molecule has 1 atom stereocenters. The number of pyridine rings is 1. The molecule has 2 nitrogen and oxygen atoms in total. The highest BCUT2D eigenvalue weighted by molar-refractivity contribution is 5.94. The van der Waals surface area contributed by atoms with E-state index in [1.807, 2.05) is 43.5 Å². The van der Waals surface area contributed by atoms with Gasteiger partial charge in [0, 0.05) is 29.8 Å². The van der Waals surface area contributed by atoms with Gasteiger partial charge >= 0.3 is 0 Å². The molecule has 0 amide bonds. The maximum atomic E-state index is 4.91. The third-order valence-electron chi connectivity index (χ3n) is 8.23. The van der Waals surface area contributed by atoms with Crippen molar-refractivity contribution in [2.75, 3.05) is 0 Å². The molecule has 2 aliphatic carbocycles. The second-order valence-corrected chi connectivity index (χ2v) is 11.4. The Labute approximate surface area is 263 Å². The van der Waals surface area contributed by atoms with E-state index in [0.29, 0.717) is 5.92 Å². The molecular weight excluding hydrogens is 532 g/mol. The number of aromatic nitrogens is 1. The highest BCUT2D eigenvalue weighted by atomic mass is 14.7. The Kier molecular flexibility index (Phi) is 10.1. The summed E-state index contributed by atoms with van der Waals surface area (Å²) in [4.78, 5) is 9.44. The summed E-state index contributed by atoms with van der Waals surface area (Å²) in [6.07, 6.45) is 26.2. The van der Waals surface area contributed by atoms with Crippen LogP contribution in [-0.2, 0) is 6.42 Å². The fourth-order valence-electron chi connectivity index (χ4n) is 5.94. The summed E-state index contributed by atoms with van der Waals surface area (Å²) in [5, 5.41) is 0. The predicted molar refractivity (Wildman–Crippen MR) is 191 cm³/mol. The Bertz CT molecular complexity index is 1770. The second kappa shape index (κ2) is 14.6. The molecule has 5 rings (SSSR count). The molecule has 0 fully saturated rings. The highest BCUT2D eigenvalue weighted by Crippen LogP contribution is 2.47. The average Bonchev–Trinajstić information content (AvgIpc) is 3.17. The first-order valence-corrected chi connectivity index (χ1v) is 15.6. The van der Waals surface area contributed by atoms with Gasteiger partial charge in [-0.05, 0) is 102 Å². The zero-order chi connectivity index (χ0) is 30.9. The van der Waals surface area contributed by atoms with Crippen molar-refractivity contribution in [2.45, 2.75) is 52.9 Å². The van der Waals surface area contributed by atoms with Crippen LogP contribution in [0.2, 0.25) is 0 Å². The van der Waals surface area contributed by atoms with Crippen LogP contribution in [0, 0.1) is 0 Å². The third-order valence-corrected chi connectivity index (χ3v) is 8.23. The maximum absolute atomic E-state index is 4.91. The average molecular weight is 575 g/mol. The largest absolute Gasteiger partial charge is 0.258 e. The van der Waals surface area contributed by atoms with Gasteiger partial charge in [0.15, 0.2) is 0 Å². The van der Waals surface area contributed by atoms with E-state index in [1.54, 1.807) is 0 Å². The lowest BCUT2D eigenvalue weighted by Gasteiger charge is -2.13. The first-order chi connectivity index (χ1) is 21.5. The Morgan fingerprint density at radius 1 is 1.00 bits per heavy atom. The van der Waals surface area contributed by atoms with Crippen LogP contribution >= 0.6 is 0 Å². The molecule has 220 valence electrons. The van der Waals surface area contributed by atoms with Crippen LogP contribution in [0.15, 0.2) is 145 Å². The minimum atomic E-state index is 0.369. The summed E-state index contributed by atoms with van der Waals surface area (Å²) in [7, 11) is 0. The lowest BCUT2D eigenvalue weighted by molar-refractivity contribution is 0.959. The van der Waals surface area contributed by atoms with Gasteiger partial charge in [-0.2, -0.15) is 0 Å². The topological polar surface area (TPSA) is 25.2 Å². The third kappa shape index (κ3) is 7.21. The molecule has 1 heterocycles. The summed E-state index contributed by atoms with van der Waals surface area (Å²) in [5.74, 6) is 0.369. The Morgan fingerprint density at radius 3 is 2.64 bits per heavy atom. The normalized spacial score (nSPS) is 17.0. The Hall–Kier alpha value is -4.82. The van der Waals surface area contributed by atoms with Gasteiger partial charge in [-0.25, -0.2) is 0 Å². The molecule has 0 saturated carbocycles. The molecule has 2 aliphatic rings. The molecule has 0 saturated heterocycles. The number of aliphatic imine (C=N–C) groups is 1. The van der Waals surface area contributed by atoms with Gasteiger partial charge in [0.05, 0.1) is 11.4 Å². The number of hydrogen-bond donors (Lipinski definition) is 0. The van der Waals surface area contributed by atoms with E-state index in [-0.39, 0.29) is 0 Å². The van der Waals surface area contributed by atoms with E-state index in [0.717, 1.165) is 47.5 Å². The molecule has 0 N–H and O–H groups in total. The van der Waals surface area contributed by atoms with Crippen molar-refractivity contribution in [3.05, 3.63) is 173 Å². The lowest BCUT2D eigenvalue weighted by Crippen LogP contribution is -1.95. The van der Waals surface area contributed by atoms with Crippen LogP contribution in [0.1, 0.15) is 80.0 Å². The zero-order valence-electron chi connectivity index (χ0n) is 26.4.